The van der Waals surface area contributed by atoms with Gasteiger partial charge in [-0.1, -0.05) is 25.8 Å². The first-order valence-electron chi connectivity index (χ1n) is 9.59. The van der Waals surface area contributed by atoms with E-state index >= 15 is 0 Å². The lowest BCUT2D eigenvalue weighted by Crippen LogP contribution is -2.31. The number of rotatable bonds is 6. The van der Waals surface area contributed by atoms with Gasteiger partial charge in [0.15, 0.2) is 11.5 Å². The molecule has 1 saturated carbocycles. The number of benzene rings is 1. The molecule has 1 N–H and O–H groups in total. The average molecular weight is 358 g/mol. The second kappa shape index (κ2) is 8.58. The van der Waals surface area contributed by atoms with Gasteiger partial charge in [-0.15, -0.1) is 0 Å². The molecule has 1 heterocycles. The van der Waals surface area contributed by atoms with E-state index in [4.69, 9.17) is 9.47 Å². The quantitative estimate of drug-likeness (QED) is 0.793. The summed E-state index contributed by atoms with van der Waals surface area (Å²) < 4.78 is 12.1. The van der Waals surface area contributed by atoms with Gasteiger partial charge in [0, 0.05) is 25.1 Å². The van der Waals surface area contributed by atoms with Crippen LogP contribution in [0.3, 0.4) is 0 Å². The second-order valence-corrected chi connectivity index (χ2v) is 7.76. The fourth-order valence-corrected chi connectivity index (χ4v) is 3.48. The number of nitrogens with one attached hydrogen (secondary N) is 1. The number of hydrogen-bond acceptors (Lipinski definition) is 4. The minimum absolute atomic E-state index is 0.0845. The van der Waals surface area contributed by atoms with E-state index in [0.717, 1.165) is 29.5 Å². The molecule has 0 spiro atoms. The summed E-state index contributed by atoms with van der Waals surface area (Å²) in [6.45, 7) is 3.78. The molecule has 2 aliphatic rings. The summed E-state index contributed by atoms with van der Waals surface area (Å²) >= 11 is 0. The van der Waals surface area contributed by atoms with Gasteiger partial charge in [-0.25, -0.2) is 0 Å². The van der Waals surface area contributed by atoms with Crippen LogP contribution in [0.1, 0.15) is 38.2 Å². The van der Waals surface area contributed by atoms with Crippen molar-refractivity contribution in [2.75, 3.05) is 27.2 Å². The minimum atomic E-state index is -0.161. The monoisotopic (exact) mass is 358 g/mol. The van der Waals surface area contributed by atoms with Crippen molar-refractivity contribution in [3.8, 4) is 11.5 Å². The molecule has 1 atom stereocenters. The molecule has 0 radical (unpaired) electrons. The zero-order chi connectivity index (χ0) is 18.5. The number of hydrogen-bond donors (Lipinski definition) is 1. The summed E-state index contributed by atoms with van der Waals surface area (Å²) in [5.74, 6) is 2.79. The number of likely N-dealkylation sites (N-methyl/N-ethyl adjacent to an activating group) is 1. The molecule has 5 nitrogen and oxygen atoms in total. The molecule has 1 aromatic carbocycles. The Morgan fingerprint density at radius 2 is 1.92 bits per heavy atom. The maximum atomic E-state index is 11.8. The smallest absolute Gasteiger partial charge is 0.244 e. The lowest BCUT2D eigenvalue weighted by Gasteiger charge is -2.28. The van der Waals surface area contributed by atoms with Crippen molar-refractivity contribution in [3.63, 3.8) is 0 Å². The Morgan fingerprint density at radius 1 is 1.19 bits per heavy atom. The zero-order valence-electron chi connectivity index (χ0n) is 16.0. The van der Waals surface area contributed by atoms with E-state index in [2.05, 4.69) is 12.2 Å². The molecule has 26 heavy (non-hydrogen) atoms. The van der Waals surface area contributed by atoms with Crippen molar-refractivity contribution in [1.82, 2.24) is 10.2 Å². The summed E-state index contributed by atoms with van der Waals surface area (Å²) in [7, 11) is 3.96. The fraction of sp³-hybridized carbons (Fsp3) is 0.571. The van der Waals surface area contributed by atoms with Crippen LogP contribution in [0.5, 0.6) is 11.5 Å². The highest BCUT2D eigenvalue weighted by Gasteiger charge is 2.34. The van der Waals surface area contributed by atoms with Crippen LogP contribution in [0.4, 0.5) is 0 Å². The Bertz CT molecular complexity index is 649. The van der Waals surface area contributed by atoms with Crippen LogP contribution < -0.4 is 14.8 Å². The van der Waals surface area contributed by atoms with Gasteiger partial charge in [-0.05, 0) is 56.6 Å². The van der Waals surface area contributed by atoms with Crippen molar-refractivity contribution in [2.45, 2.75) is 38.9 Å². The maximum absolute atomic E-state index is 11.8. The minimum Gasteiger partial charge on any atom is -0.451 e. The summed E-state index contributed by atoms with van der Waals surface area (Å²) in [5, 5.41) is 2.87. The highest BCUT2D eigenvalue weighted by Crippen LogP contribution is 2.41. The first-order valence-corrected chi connectivity index (χ1v) is 9.59. The molecule has 142 valence electrons. The average Bonchev–Trinajstić information content (AvgIpc) is 3.03. The summed E-state index contributed by atoms with van der Waals surface area (Å²) in [4.78, 5) is 13.9. The van der Waals surface area contributed by atoms with Crippen LogP contribution >= 0.6 is 0 Å². The highest BCUT2D eigenvalue weighted by atomic mass is 16.7. The van der Waals surface area contributed by atoms with E-state index in [1.54, 1.807) is 6.08 Å². The number of ether oxygens (including phenoxy) is 2. The second-order valence-electron chi connectivity index (χ2n) is 7.76. The van der Waals surface area contributed by atoms with Crippen LogP contribution in [-0.2, 0) is 4.79 Å². The van der Waals surface area contributed by atoms with Crippen LogP contribution in [-0.4, -0.2) is 44.3 Å². The number of carbonyl (C=O) groups excluding carboxylic acids is 1. The van der Waals surface area contributed by atoms with Crippen molar-refractivity contribution in [2.24, 2.45) is 11.8 Å². The highest BCUT2D eigenvalue weighted by molar-refractivity contribution is 5.91. The maximum Gasteiger partial charge on any atom is 0.244 e. The largest absolute Gasteiger partial charge is 0.451 e. The SMILES string of the molecule is CC1CCC(C2Oc3ccc(C=CC(=O)NCCN(C)C)cc3O2)CC1. The molecule has 1 amide bonds. The molecule has 1 aliphatic carbocycles. The number of nitrogens with zero attached hydrogens (tertiary/aromatic N) is 1. The number of amides is 1. The Morgan fingerprint density at radius 3 is 2.65 bits per heavy atom. The zero-order valence-corrected chi connectivity index (χ0v) is 16.0. The summed E-state index contributed by atoms with van der Waals surface area (Å²) in [6.07, 6.45) is 8.05. The molecule has 0 saturated heterocycles. The third-order valence-corrected chi connectivity index (χ3v) is 5.18. The predicted molar refractivity (Wildman–Crippen MR) is 103 cm³/mol. The van der Waals surface area contributed by atoms with Crippen LogP contribution in [0, 0.1) is 11.8 Å². The Balaban J connectivity index is 1.53. The van der Waals surface area contributed by atoms with Crippen molar-refractivity contribution in [3.05, 3.63) is 29.8 Å². The fourth-order valence-electron chi connectivity index (χ4n) is 3.48. The first kappa shape index (κ1) is 18.8. The summed E-state index contributed by atoms with van der Waals surface area (Å²) in [5.41, 5.74) is 0.938. The molecule has 1 aromatic rings. The van der Waals surface area contributed by atoms with Crippen LogP contribution in [0.15, 0.2) is 24.3 Å². The van der Waals surface area contributed by atoms with Gasteiger partial charge in [0.1, 0.15) is 0 Å². The van der Waals surface area contributed by atoms with E-state index < -0.39 is 0 Å². The Labute approximate surface area is 156 Å². The summed E-state index contributed by atoms with van der Waals surface area (Å²) in [6, 6.07) is 5.84. The Kier molecular flexibility index (Phi) is 6.20. The van der Waals surface area contributed by atoms with E-state index in [9.17, 15) is 4.79 Å². The van der Waals surface area contributed by atoms with Crippen LogP contribution in [0.2, 0.25) is 0 Å². The van der Waals surface area contributed by atoms with E-state index in [-0.39, 0.29) is 12.2 Å². The molecular formula is C21H30N2O3. The molecule has 3 rings (SSSR count). The molecule has 1 aliphatic heterocycles. The van der Waals surface area contributed by atoms with Gasteiger partial charge in [-0.3, -0.25) is 4.79 Å². The standard InChI is InChI=1S/C21H30N2O3/c1-15-4-8-17(9-5-15)21-25-18-10-6-16(14-19(18)26-21)7-11-20(24)22-12-13-23(2)3/h6-7,10-11,14-15,17,21H,4-5,8-9,12-13H2,1-3H3,(H,22,24). The third-order valence-electron chi connectivity index (χ3n) is 5.18. The van der Waals surface area contributed by atoms with Gasteiger partial charge < -0.3 is 19.7 Å². The van der Waals surface area contributed by atoms with E-state index in [0.29, 0.717) is 12.5 Å². The molecule has 0 aromatic heterocycles. The number of fused-ring (bicyclic) bond motifs is 1. The van der Waals surface area contributed by atoms with E-state index in [1.807, 2.05) is 43.3 Å². The molecule has 1 unspecified atom stereocenters. The predicted octanol–water partition coefficient (Wildman–Crippen LogP) is 3.30. The Hall–Kier alpha value is -2.01. The van der Waals surface area contributed by atoms with Gasteiger partial charge in [0.05, 0.1) is 0 Å². The number of carbonyl (C=O) groups is 1. The van der Waals surface area contributed by atoms with Crippen molar-refractivity contribution in [1.29, 1.82) is 0 Å². The molecular weight excluding hydrogens is 328 g/mol. The lowest BCUT2D eigenvalue weighted by atomic mass is 9.83. The molecule has 1 fully saturated rings. The third kappa shape index (κ3) is 5.01. The van der Waals surface area contributed by atoms with Crippen molar-refractivity contribution >= 4 is 12.0 Å². The topological polar surface area (TPSA) is 50.8 Å². The first-order chi connectivity index (χ1) is 12.5. The van der Waals surface area contributed by atoms with Crippen molar-refractivity contribution < 1.29 is 14.3 Å². The van der Waals surface area contributed by atoms with Gasteiger partial charge >= 0.3 is 0 Å². The van der Waals surface area contributed by atoms with Crippen LogP contribution in [0.25, 0.3) is 6.08 Å². The van der Waals surface area contributed by atoms with Gasteiger partial charge in [-0.2, -0.15) is 0 Å². The lowest BCUT2D eigenvalue weighted by molar-refractivity contribution is -0.116. The normalized spacial score (nSPS) is 25.0. The molecule has 0 bridgehead atoms. The van der Waals surface area contributed by atoms with Gasteiger partial charge in [0.2, 0.25) is 12.2 Å². The molecule has 5 heteroatoms. The van der Waals surface area contributed by atoms with Gasteiger partial charge in [0.25, 0.3) is 0 Å². The van der Waals surface area contributed by atoms with E-state index in [1.165, 1.54) is 25.7 Å².